The standard InChI is InChI=1S/C30H23BrN2O3/c1-18-15-20(31)9-11-22(18)30(35)33-14-13-19-5-4-7-24(26(19)17-33)29(34)32-21-10-12-28-25(16-21)23-6-2-3-8-27(23)36-28/h2-12,15-16H,13-14,17H2,1H3,(H,32,34). The number of carbonyl (C=O) groups is 2. The summed E-state index contributed by atoms with van der Waals surface area (Å²) in [7, 11) is 0. The summed E-state index contributed by atoms with van der Waals surface area (Å²) in [5, 5.41) is 5.03. The Hall–Kier alpha value is -3.90. The van der Waals surface area contributed by atoms with Crippen LogP contribution >= 0.6 is 15.9 Å². The lowest BCUT2D eigenvalue weighted by Gasteiger charge is -2.30. The molecule has 0 aliphatic carbocycles. The number of hydrogen-bond acceptors (Lipinski definition) is 3. The normalized spacial score (nSPS) is 13.1. The molecular formula is C30H23BrN2O3. The lowest BCUT2D eigenvalue weighted by atomic mass is 9.93. The fourth-order valence-corrected chi connectivity index (χ4v) is 5.48. The van der Waals surface area contributed by atoms with E-state index in [9.17, 15) is 9.59 Å². The molecular weight excluding hydrogens is 516 g/mol. The quantitative estimate of drug-likeness (QED) is 0.266. The molecule has 178 valence electrons. The number of amides is 2. The first-order valence-corrected chi connectivity index (χ1v) is 12.7. The summed E-state index contributed by atoms with van der Waals surface area (Å²) in [6.07, 6.45) is 0.713. The lowest BCUT2D eigenvalue weighted by molar-refractivity contribution is 0.0731. The maximum Gasteiger partial charge on any atom is 0.256 e. The molecule has 6 heteroatoms. The molecule has 0 saturated heterocycles. The van der Waals surface area contributed by atoms with Gasteiger partial charge in [-0.25, -0.2) is 0 Å². The van der Waals surface area contributed by atoms with Crippen LogP contribution in [0.2, 0.25) is 0 Å². The van der Waals surface area contributed by atoms with Gasteiger partial charge in [-0.1, -0.05) is 46.3 Å². The van der Waals surface area contributed by atoms with E-state index in [1.807, 2.05) is 90.7 Å². The van der Waals surface area contributed by atoms with Crippen LogP contribution in [-0.2, 0) is 13.0 Å². The van der Waals surface area contributed by atoms with Gasteiger partial charge in [0, 0.05) is 45.1 Å². The summed E-state index contributed by atoms with van der Waals surface area (Å²) in [4.78, 5) is 28.6. The first kappa shape index (κ1) is 22.6. The highest BCUT2D eigenvalue weighted by Gasteiger charge is 2.26. The minimum Gasteiger partial charge on any atom is -0.456 e. The topological polar surface area (TPSA) is 62.6 Å². The number of nitrogens with one attached hydrogen (secondary N) is 1. The molecule has 1 aromatic heterocycles. The molecule has 4 aromatic carbocycles. The molecule has 5 aromatic rings. The van der Waals surface area contributed by atoms with Crippen LogP contribution in [0.5, 0.6) is 0 Å². The SMILES string of the molecule is Cc1cc(Br)ccc1C(=O)N1CCc2cccc(C(=O)Nc3ccc4oc5ccccc5c4c3)c2C1. The second-order valence-electron chi connectivity index (χ2n) is 9.14. The van der Waals surface area contributed by atoms with Gasteiger partial charge in [0.25, 0.3) is 11.8 Å². The minimum absolute atomic E-state index is 0.0156. The predicted molar refractivity (Wildman–Crippen MR) is 145 cm³/mol. The zero-order valence-electron chi connectivity index (χ0n) is 19.7. The summed E-state index contributed by atoms with van der Waals surface area (Å²) in [6.45, 7) is 2.96. The molecule has 1 aliphatic rings. The number of furan rings is 1. The summed E-state index contributed by atoms with van der Waals surface area (Å²) in [5.41, 5.74) is 6.51. The minimum atomic E-state index is -0.187. The molecule has 0 fully saturated rings. The third-order valence-corrected chi connectivity index (χ3v) is 7.35. The smallest absolute Gasteiger partial charge is 0.256 e. The molecule has 1 aliphatic heterocycles. The van der Waals surface area contributed by atoms with Gasteiger partial charge >= 0.3 is 0 Å². The first-order valence-electron chi connectivity index (χ1n) is 11.9. The zero-order chi connectivity index (χ0) is 24.8. The molecule has 5 nitrogen and oxygen atoms in total. The number of aryl methyl sites for hydroxylation is 1. The largest absolute Gasteiger partial charge is 0.456 e. The van der Waals surface area contributed by atoms with Gasteiger partial charge in [-0.3, -0.25) is 9.59 Å². The molecule has 36 heavy (non-hydrogen) atoms. The number of fused-ring (bicyclic) bond motifs is 4. The number of halogens is 1. The molecule has 6 rings (SSSR count). The van der Waals surface area contributed by atoms with Crippen LogP contribution < -0.4 is 5.32 Å². The number of carbonyl (C=O) groups excluding carboxylic acids is 2. The molecule has 0 bridgehead atoms. The second kappa shape index (κ2) is 8.95. The van der Waals surface area contributed by atoms with Crippen LogP contribution in [0.3, 0.4) is 0 Å². The Kier molecular flexibility index (Phi) is 5.61. The average Bonchev–Trinajstić information content (AvgIpc) is 3.25. The molecule has 2 amide bonds. The highest BCUT2D eigenvalue weighted by atomic mass is 79.9. The van der Waals surface area contributed by atoms with Crippen molar-refractivity contribution < 1.29 is 14.0 Å². The van der Waals surface area contributed by atoms with E-state index in [1.54, 1.807) is 0 Å². The maximum atomic E-state index is 13.4. The zero-order valence-corrected chi connectivity index (χ0v) is 21.3. The van der Waals surface area contributed by atoms with Crippen LogP contribution in [0.4, 0.5) is 5.69 Å². The number of hydrogen-bond donors (Lipinski definition) is 1. The van der Waals surface area contributed by atoms with Gasteiger partial charge in [0.05, 0.1) is 0 Å². The third-order valence-electron chi connectivity index (χ3n) is 6.86. The fraction of sp³-hybridized carbons (Fsp3) is 0.133. The Labute approximate surface area is 216 Å². The monoisotopic (exact) mass is 538 g/mol. The van der Waals surface area contributed by atoms with Gasteiger partial charge in [-0.2, -0.15) is 0 Å². The molecule has 0 saturated carbocycles. The van der Waals surface area contributed by atoms with Crippen LogP contribution in [0, 0.1) is 6.92 Å². The van der Waals surface area contributed by atoms with Crippen molar-refractivity contribution in [1.29, 1.82) is 0 Å². The van der Waals surface area contributed by atoms with Crippen molar-refractivity contribution in [2.75, 3.05) is 11.9 Å². The summed E-state index contributed by atoms with van der Waals surface area (Å²) >= 11 is 3.46. The van der Waals surface area contributed by atoms with E-state index in [4.69, 9.17) is 4.42 Å². The van der Waals surface area contributed by atoms with Crippen LogP contribution in [0.25, 0.3) is 21.9 Å². The van der Waals surface area contributed by atoms with Gasteiger partial charge in [0.2, 0.25) is 0 Å². The molecule has 0 atom stereocenters. The van der Waals surface area contributed by atoms with E-state index < -0.39 is 0 Å². The number of rotatable bonds is 3. The van der Waals surface area contributed by atoms with Crippen molar-refractivity contribution in [1.82, 2.24) is 4.90 Å². The van der Waals surface area contributed by atoms with Crippen molar-refractivity contribution in [2.24, 2.45) is 0 Å². The van der Waals surface area contributed by atoms with E-state index in [0.29, 0.717) is 36.3 Å². The number of benzene rings is 4. The summed E-state index contributed by atoms with van der Waals surface area (Å²) < 4.78 is 6.85. The van der Waals surface area contributed by atoms with E-state index in [0.717, 1.165) is 43.1 Å². The van der Waals surface area contributed by atoms with E-state index in [2.05, 4.69) is 21.2 Å². The van der Waals surface area contributed by atoms with Crippen molar-refractivity contribution in [3.63, 3.8) is 0 Å². The van der Waals surface area contributed by atoms with Gasteiger partial charge in [-0.05, 0) is 78.6 Å². The Morgan fingerprint density at radius 2 is 1.72 bits per heavy atom. The van der Waals surface area contributed by atoms with Crippen LogP contribution in [-0.4, -0.2) is 23.3 Å². The Morgan fingerprint density at radius 3 is 2.58 bits per heavy atom. The summed E-state index contributed by atoms with van der Waals surface area (Å²) in [6, 6.07) is 25.0. The van der Waals surface area contributed by atoms with Crippen molar-refractivity contribution in [2.45, 2.75) is 19.9 Å². The Bertz CT molecular complexity index is 1670. The van der Waals surface area contributed by atoms with Gasteiger partial charge < -0.3 is 14.6 Å². The lowest BCUT2D eigenvalue weighted by Crippen LogP contribution is -2.37. The molecule has 0 radical (unpaired) electrons. The Balaban J connectivity index is 1.28. The van der Waals surface area contributed by atoms with E-state index in [1.165, 1.54) is 0 Å². The number of anilines is 1. The van der Waals surface area contributed by atoms with Crippen LogP contribution in [0.1, 0.15) is 37.4 Å². The predicted octanol–water partition coefficient (Wildman–Crippen LogP) is 7.11. The average molecular weight is 539 g/mol. The van der Waals surface area contributed by atoms with Crippen molar-refractivity contribution >= 4 is 55.4 Å². The second-order valence-corrected chi connectivity index (χ2v) is 10.1. The molecule has 1 N–H and O–H groups in total. The first-order chi connectivity index (χ1) is 17.5. The van der Waals surface area contributed by atoms with E-state index >= 15 is 0 Å². The molecule has 0 unspecified atom stereocenters. The van der Waals surface area contributed by atoms with Gasteiger partial charge in [0.15, 0.2) is 0 Å². The molecule has 0 spiro atoms. The summed E-state index contributed by atoms with van der Waals surface area (Å²) in [5.74, 6) is -0.203. The number of para-hydroxylation sites is 1. The highest BCUT2D eigenvalue weighted by Crippen LogP contribution is 2.31. The fourth-order valence-electron chi connectivity index (χ4n) is 5.01. The number of nitrogens with zero attached hydrogens (tertiary/aromatic N) is 1. The molecule has 2 heterocycles. The van der Waals surface area contributed by atoms with Crippen LogP contribution in [0.15, 0.2) is 87.8 Å². The highest BCUT2D eigenvalue weighted by molar-refractivity contribution is 9.10. The third kappa shape index (κ3) is 3.97. The van der Waals surface area contributed by atoms with Gasteiger partial charge in [-0.15, -0.1) is 0 Å². The van der Waals surface area contributed by atoms with Gasteiger partial charge in [0.1, 0.15) is 11.2 Å². The van der Waals surface area contributed by atoms with Crippen molar-refractivity contribution in [3.8, 4) is 0 Å². The van der Waals surface area contributed by atoms with Crippen molar-refractivity contribution in [3.05, 3.63) is 111 Å². The van der Waals surface area contributed by atoms with E-state index in [-0.39, 0.29) is 11.8 Å². The Morgan fingerprint density at radius 1 is 0.889 bits per heavy atom. The maximum absolute atomic E-state index is 13.4.